The lowest BCUT2D eigenvalue weighted by molar-refractivity contribution is -0.143. The Morgan fingerprint density at radius 1 is 1.04 bits per heavy atom. The molecule has 0 saturated carbocycles. The van der Waals surface area contributed by atoms with E-state index in [2.05, 4.69) is 20.9 Å². The van der Waals surface area contributed by atoms with E-state index in [1.165, 1.54) is 18.0 Å². The Bertz CT molecular complexity index is 1490. The number of amides is 4. The van der Waals surface area contributed by atoms with Gasteiger partial charge in [0.2, 0.25) is 0 Å². The molecule has 0 aliphatic carbocycles. The fourth-order valence-electron chi connectivity index (χ4n) is 7.17. The SMILES string of the molecule is CNc1c(Cl)cc(C[C@@H](OC(=O)N2CCC(N3Cc4sccc4NC3=O)CC2)C(=O)N2CCN(C3CCNCC3)CC2)cc1C(F)(F)F. The highest BCUT2D eigenvalue weighted by Gasteiger charge is 2.38. The molecule has 3 fully saturated rings. The molecule has 6 rings (SSSR count). The first kappa shape index (κ1) is 34.6. The van der Waals surface area contributed by atoms with Crippen molar-refractivity contribution in [2.75, 3.05) is 70.0 Å². The molecule has 2 aromatic rings. The zero-order valence-corrected chi connectivity index (χ0v) is 28.4. The van der Waals surface area contributed by atoms with Crippen LogP contribution in [0.25, 0.3) is 0 Å². The van der Waals surface area contributed by atoms with Crippen molar-refractivity contribution in [3.8, 4) is 0 Å². The van der Waals surface area contributed by atoms with Crippen LogP contribution < -0.4 is 16.0 Å². The number of rotatable bonds is 7. The molecule has 16 heteroatoms. The number of benzene rings is 1. The van der Waals surface area contributed by atoms with Crippen molar-refractivity contribution >= 4 is 52.3 Å². The Morgan fingerprint density at radius 2 is 1.75 bits per heavy atom. The number of hydrogen-bond donors (Lipinski definition) is 3. The lowest BCUT2D eigenvalue weighted by Crippen LogP contribution is -2.56. The van der Waals surface area contributed by atoms with Crippen LogP contribution in [0.4, 0.5) is 34.1 Å². The molecule has 262 valence electrons. The van der Waals surface area contributed by atoms with E-state index in [1.54, 1.807) is 21.1 Å². The molecule has 3 N–H and O–H groups in total. The van der Waals surface area contributed by atoms with Crippen LogP contribution in [0.2, 0.25) is 5.02 Å². The summed E-state index contributed by atoms with van der Waals surface area (Å²) in [7, 11) is 1.36. The summed E-state index contributed by atoms with van der Waals surface area (Å²) in [5.41, 5.74) is -0.259. The van der Waals surface area contributed by atoms with Crippen LogP contribution in [-0.2, 0) is 28.7 Å². The van der Waals surface area contributed by atoms with Gasteiger partial charge in [-0.15, -0.1) is 11.3 Å². The predicted octanol–water partition coefficient (Wildman–Crippen LogP) is 4.92. The highest BCUT2D eigenvalue weighted by molar-refractivity contribution is 7.10. The number of fused-ring (bicyclic) bond motifs is 1. The maximum absolute atomic E-state index is 14.0. The average molecular weight is 712 g/mol. The van der Waals surface area contributed by atoms with Gasteiger partial charge in [0.15, 0.2) is 6.10 Å². The molecule has 1 atom stereocenters. The summed E-state index contributed by atoms with van der Waals surface area (Å²) in [6, 6.07) is 4.40. The van der Waals surface area contributed by atoms with Crippen LogP contribution in [0.1, 0.15) is 41.7 Å². The lowest BCUT2D eigenvalue weighted by Gasteiger charge is -2.42. The molecule has 4 amide bonds. The Hall–Kier alpha value is -3.27. The lowest BCUT2D eigenvalue weighted by atomic mass is 10.0. The second kappa shape index (κ2) is 14.7. The van der Waals surface area contributed by atoms with E-state index < -0.39 is 29.8 Å². The van der Waals surface area contributed by atoms with E-state index >= 15 is 0 Å². The number of alkyl halides is 3. The van der Waals surface area contributed by atoms with E-state index in [0.29, 0.717) is 64.7 Å². The van der Waals surface area contributed by atoms with Crippen LogP contribution in [0, 0.1) is 0 Å². The van der Waals surface area contributed by atoms with Crippen LogP contribution in [-0.4, -0.2) is 115 Å². The second-order valence-corrected chi connectivity index (χ2v) is 14.1. The summed E-state index contributed by atoms with van der Waals surface area (Å²) in [4.78, 5) is 48.6. The number of piperidine rings is 2. The summed E-state index contributed by atoms with van der Waals surface area (Å²) in [5.74, 6) is -0.442. The molecule has 0 unspecified atom stereocenters. The van der Waals surface area contributed by atoms with Gasteiger partial charge in [-0.05, 0) is 67.9 Å². The summed E-state index contributed by atoms with van der Waals surface area (Å²) in [6.45, 7) is 5.22. The molecule has 0 bridgehead atoms. The Morgan fingerprint density at radius 3 is 2.42 bits per heavy atom. The number of urea groups is 1. The fraction of sp³-hybridized carbons (Fsp3) is 0.594. The quantitative estimate of drug-likeness (QED) is 0.375. The summed E-state index contributed by atoms with van der Waals surface area (Å²) in [6.07, 6.45) is -3.89. The third kappa shape index (κ3) is 7.63. The number of halogens is 4. The smallest absolute Gasteiger partial charge is 0.418 e. The minimum atomic E-state index is -4.69. The number of likely N-dealkylation sites (tertiary alicyclic amines) is 1. The van der Waals surface area contributed by atoms with Gasteiger partial charge < -0.3 is 35.4 Å². The van der Waals surface area contributed by atoms with Gasteiger partial charge in [0.05, 0.1) is 28.5 Å². The minimum absolute atomic E-state index is 0.0772. The van der Waals surface area contributed by atoms with Crippen molar-refractivity contribution in [2.45, 2.75) is 63.0 Å². The van der Waals surface area contributed by atoms with Gasteiger partial charge in [0.25, 0.3) is 5.91 Å². The number of thiophene rings is 1. The molecule has 4 aliphatic heterocycles. The van der Waals surface area contributed by atoms with Crippen molar-refractivity contribution in [1.29, 1.82) is 0 Å². The molecule has 48 heavy (non-hydrogen) atoms. The van der Waals surface area contributed by atoms with Crippen molar-refractivity contribution < 1.29 is 32.3 Å². The number of ether oxygens (including phenoxy) is 1. The Labute approximate surface area is 286 Å². The van der Waals surface area contributed by atoms with Crippen LogP contribution >= 0.6 is 22.9 Å². The minimum Gasteiger partial charge on any atom is -0.436 e. The van der Waals surface area contributed by atoms with Gasteiger partial charge in [-0.3, -0.25) is 9.69 Å². The van der Waals surface area contributed by atoms with Gasteiger partial charge in [-0.2, -0.15) is 13.2 Å². The normalized spacial score (nSPS) is 20.7. The second-order valence-electron chi connectivity index (χ2n) is 12.7. The maximum Gasteiger partial charge on any atom is 0.418 e. The Kier molecular flexibility index (Phi) is 10.6. The van der Waals surface area contributed by atoms with Crippen molar-refractivity contribution in [3.63, 3.8) is 0 Å². The molecule has 11 nitrogen and oxygen atoms in total. The standard InChI is InChI=1S/C32H41ClF3N7O4S/c1-37-28-23(32(34,35)36)16-20(17-24(28)33)18-26(29(44)41-13-11-40(12-14-41)21-2-7-38-8-3-21)47-31(46)42-9-4-22(5-10-42)43-19-27-25(6-15-48-27)39-30(43)45/h6,15-17,21-22,26,37-38H,2-5,7-14,18-19H2,1H3,(H,39,45)/t26-/m1/s1. The molecule has 0 spiro atoms. The first-order valence-electron chi connectivity index (χ1n) is 16.4. The third-order valence-electron chi connectivity index (χ3n) is 9.82. The first-order chi connectivity index (χ1) is 23.0. The molecular formula is C32H41ClF3N7O4S. The average Bonchev–Trinajstić information content (AvgIpc) is 3.54. The summed E-state index contributed by atoms with van der Waals surface area (Å²) in [5, 5.41) is 10.6. The van der Waals surface area contributed by atoms with E-state index in [0.717, 1.165) is 42.6 Å². The molecule has 1 aromatic heterocycles. The monoisotopic (exact) mass is 711 g/mol. The van der Waals surface area contributed by atoms with Crippen LogP contribution in [0.3, 0.4) is 0 Å². The van der Waals surface area contributed by atoms with E-state index in [1.807, 2.05) is 11.4 Å². The number of carbonyl (C=O) groups is 3. The zero-order chi connectivity index (χ0) is 34.0. The maximum atomic E-state index is 14.0. The third-order valence-corrected chi connectivity index (χ3v) is 11.0. The van der Waals surface area contributed by atoms with Crippen LogP contribution in [0.5, 0.6) is 0 Å². The fourth-order valence-corrected chi connectivity index (χ4v) is 8.34. The van der Waals surface area contributed by atoms with Gasteiger partial charge in [0.1, 0.15) is 0 Å². The summed E-state index contributed by atoms with van der Waals surface area (Å²) < 4.78 is 47.8. The van der Waals surface area contributed by atoms with E-state index in [4.69, 9.17) is 16.3 Å². The topological polar surface area (TPSA) is 109 Å². The van der Waals surface area contributed by atoms with Crippen molar-refractivity contribution in [1.82, 2.24) is 24.9 Å². The van der Waals surface area contributed by atoms with E-state index in [-0.39, 0.29) is 34.8 Å². The predicted molar refractivity (Wildman–Crippen MR) is 177 cm³/mol. The molecular weight excluding hydrogens is 671 g/mol. The van der Waals surface area contributed by atoms with Gasteiger partial charge in [-0.1, -0.05) is 11.6 Å². The molecule has 4 aliphatic rings. The largest absolute Gasteiger partial charge is 0.436 e. The van der Waals surface area contributed by atoms with Gasteiger partial charge in [-0.25, -0.2) is 9.59 Å². The number of carbonyl (C=O) groups excluding carboxylic acids is 3. The Balaban J connectivity index is 1.14. The number of nitrogens with one attached hydrogen (secondary N) is 3. The zero-order valence-electron chi connectivity index (χ0n) is 26.8. The van der Waals surface area contributed by atoms with E-state index in [9.17, 15) is 27.6 Å². The van der Waals surface area contributed by atoms with Crippen LogP contribution in [0.15, 0.2) is 23.6 Å². The van der Waals surface area contributed by atoms with Crippen molar-refractivity contribution in [2.24, 2.45) is 0 Å². The molecule has 3 saturated heterocycles. The van der Waals surface area contributed by atoms with Gasteiger partial charge >= 0.3 is 18.3 Å². The first-order valence-corrected chi connectivity index (χ1v) is 17.7. The summed E-state index contributed by atoms with van der Waals surface area (Å²) >= 11 is 7.84. The van der Waals surface area contributed by atoms with Crippen molar-refractivity contribution in [3.05, 3.63) is 44.6 Å². The van der Waals surface area contributed by atoms with Gasteiger partial charge in [0, 0.05) is 69.7 Å². The number of nitrogens with zero attached hydrogens (tertiary/aromatic N) is 4. The number of hydrogen-bond acceptors (Lipinski definition) is 8. The number of piperazine rings is 1. The highest BCUT2D eigenvalue weighted by atomic mass is 35.5. The molecule has 5 heterocycles. The molecule has 1 aromatic carbocycles. The number of anilines is 2. The molecule has 0 radical (unpaired) electrons. The highest BCUT2D eigenvalue weighted by Crippen LogP contribution is 2.40.